The normalized spacial score (nSPS) is 12.5. The van der Waals surface area contributed by atoms with Crippen LogP contribution in [-0.2, 0) is 0 Å². The maximum atomic E-state index is 12.9. The fourth-order valence-electron chi connectivity index (χ4n) is 0.899. The summed E-state index contributed by atoms with van der Waals surface area (Å²) >= 11 is 0. The van der Waals surface area contributed by atoms with Gasteiger partial charge in [0.1, 0.15) is 0 Å². The Hall–Kier alpha value is -0.140. The van der Waals surface area contributed by atoms with Gasteiger partial charge in [-0.05, 0) is 6.42 Å². The van der Waals surface area contributed by atoms with Crippen molar-refractivity contribution in [3.05, 3.63) is 0 Å². The van der Waals surface area contributed by atoms with Crippen molar-refractivity contribution >= 4 is 0 Å². The molecule has 11 heavy (non-hydrogen) atoms. The summed E-state index contributed by atoms with van der Waals surface area (Å²) in [6, 6.07) is 0. The second-order valence-electron chi connectivity index (χ2n) is 3.37. The first kappa shape index (κ1) is 10.9. The van der Waals surface area contributed by atoms with Crippen LogP contribution in [0.25, 0.3) is 0 Å². The van der Waals surface area contributed by atoms with E-state index >= 15 is 0 Å². The lowest BCUT2D eigenvalue weighted by atomic mass is 10.00. The molecule has 0 unspecified atom stereocenters. The number of alkyl halides is 2. The smallest absolute Gasteiger partial charge is 0.207 e. The highest BCUT2D eigenvalue weighted by atomic mass is 19.3. The second kappa shape index (κ2) is 4.68. The highest BCUT2D eigenvalue weighted by Gasteiger charge is 2.31. The van der Waals surface area contributed by atoms with Crippen molar-refractivity contribution in [1.29, 1.82) is 0 Å². The molecule has 0 N–H and O–H groups in total. The Morgan fingerprint density at radius 2 is 1.73 bits per heavy atom. The molecule has 0 saturated heterocycles. The molecule has 0 spiro atoms. The van der Waals surface area contributed by atoms with Crippen LogP contribution in [0.1, 0.15) is 46.5 Å². The van der Waals surface area contributed by atoms with Crippen molar-refractivity contribution in [3.8, 4) is 0 Å². The van der Waals surface area contributed by atoms with Gasteiger partial charge in [-0.1, -0.05) is 33.6 Å². The zero-order chi connectivity index (χ0) is 8.91. The quantitative estimate of drug-likeness (QED) is 0.541. The Labute approximate surface area is 68.0 Å². The largest absolute Gasteiger partial charge is 0.250 e. The van der Waals surface area contributed by atoms with E-state index in [1.54, 1.807) is 13.8 Å². The Balaban J connectivity index is 3.55. The van der Waals surface area contributed by atoms with Gasteiger partial charge < -0.3 is 0 Å². The molecule has 0 aliphatic heterocycles. The lowest BCUT2D eigenvalue weighted by molar-refractivity contribution is -0.0540. The highest BCUT2D eigenvalue weighted by Crippen LogP contribution is 2.29. The average Bonchev–Trinajstić information content (AvgIpc) is 1.88. The van der Waals surface area contributed by atoms with Crippen molar-refractivity contribution in [3.63, 3.8) is 0 Å². The van der Waals surface area contributed by atoms with Gasteiger partial charge in [-0.15, -0.1) is 0 Å². The molecule has 0 nitrogen and oxygen atoms in total. The van der Waals surface area contributed by atoms with Crippen molar-refractivity contribution in [2.45, 2.75) is 52.4 Å². The van der Waals surface area contributed by atoms with E-state index in [0.717, 1.165) is 12.8 Å². The van der Waals surface area contributed by atoms with Crippen molar-refractivity contribution in [2.24, 2.45) is 5.92 Å². The maximum Gasteiger partial charge on any atom is 0.250 e. The minimum atomic E-state index is -2.45. The van der Waals surface area contributed by atoms with Crippen molar-refractivity contribution in [2.75, 3.05) is 0 Å². The molecule has 2 heteroatoms. The average molecular weight is 164 g/mol. The van der Waals surface area contributed by atoms with E-state index in [1.165, 1.54) is 0 Å². The second-order valence-corrected chi connectivity index (χ2v) is 3.37. The first-order valence-corrected chi connectivity index (χ1v) is 4.38. The summed E-state index contributed by atoms with van der Waals surface area (Å²) in [7, 11) is 0. The van der Waals surface area contributed by atoms with E-state index in [-0.39, 0.29) is 6.42 Å². The standard InChI is InChI=1S/C9H18F2/c1-4-5-6-7-9(10,11)8(2)3/h8H,4-7H2,1-3H3. The van der Waals surface area contributed by atoms with E-state index in [0.29, 0.717) is 6.42 Å². The molecule has 0 aliphatic rings. The molecule has 0 aliphatic carbocycles. The Morgan fingerprint density at radius 3 is 2.09 bits per heavy atom. The van der Waals surface area contributed by atoms with Gasteiger partial charge in [-0.3, -0.25) is 0 Å². The SMILES string of the molecule is CCCCCC(F)(F)C(C)C. The van der Waals surface area contributed by atoms with Crippen molar-refractivity contribution in [1.82, 2.24) is 0 Å². The van der Waals surface area contributed by atoms with Crippen molar-refractivity contribution < 1.29 is 8.78 Å². The number of hydrogen-bond acceptors (Lipinski definition) is 0. The predicted octanol–water partition coefficient (Wildman–Crippen LogP) is 3.86. The molecule has 0 aromatic heterocycles. The summed E-state index contributed by atoms with van der Waals surface area (Å²) in [5, 5.41) is 0. The number of halogens is 2. The van der Waals surface area contributed by atoms with Gasteiger partial charge in [-0.25, -0.2) is 8.78 Å². The van der Waals surface area contributed by atoms with Gasteiger partial charge in [0, 0.05) is 12.3 Å². The molecule has 68 valence electrons. The molecule has 0 saturated carbocycles. The van der Waals surface area contributed by atoms with E-state index < -0.39 is 11.8 Å². The summed E-state index contributed by atoms with van der Waals surface area (Å²) in [5.74, 6) is -2.96. The summed E-state index contributed by atoms with van der Waals surface area (Å²) in [6.07, 6.45) is 2.64. The fourth-order valence-corrected chi connectivity index (χ4v) is 0.899. The predicted molar refractivity (Wildman–Crippen MR) is 43.9 cm³/mol. The van der Waals surface area contributed by atoms with Crippen LogP contribution in [0, 0.1) is 5.92 Å². The Kier molecular flexibility index (Phi) is 4.62. The summed E-state index contributed by atoms with van der Waals surface area (Å²) in [4.78, 5) is 0. The Bertz CT molecular complexity index is 97.7. The van der Waals surface area contributed by atoms with Gasteiger partial charge in [0.05, 0.1) is 0 Å². The number of hydrogen-bond donors (Lipinski definition) is 0. The minimum absolute atomic E-state index is 0.0541. The minimum Gasteiger partial charge on any atom is -0.207 e. The van der Waals surface area contributed by atoms with Gasteiger partial charge in [0.15, 0.2) is 0 Å². The zero-order valence-electron chi connectivity index (χ0n) is 7.66. The maximum absolute atomic E-state index is 12.9. The van der Waals surface area contributed by atoms with Gasteiger partial charge in [-0.2, -0.15) is 0 Å². The van der Waals surface area contributed by atoms with Crippen LogP contribution < -0.4 is 0 Å². The topological polar surface area (TPSA) is 0 Å². The fraction of sp³-hybridized carbons (Fsp3) is 1.00. The van der Waals surface area contributed by atoms with E-state index in [2.05, 4.69) is 0 Å². The molecule has 0 atom stereocenters. The summed E-state index contributed by atoms with van der Waals surface area (Å²) < 4.78 is 25.7. The molecule has 0 heterocycles. The van der Waals surface area contributed by atoms with Gasteiger partial charge >= 0.3 is 0 Å². The third kappa shape index (κ3) is 4.33. The van der Waals surface area contributed by atoms with E-state index in [4.69, 9.17) is 0 Å². The monoisotopic (exact) mass is 164 g/mol. The third-order valence-corrected chi connectivity index (χ3v) is 1.96. The first-order valence-electron chi connectivity index (χ1n) is 4.38. The first-order chi connectivity index (χ1) is 5.00. The van der Waals surface area contributed by atoms with Crippen LogP contribution >= 0.6 is 0 Å². The highest BCUT2D eigenvalue weighted by molar-refractivity contribution is 4.69. The van der Waals surface area contributed by atoms with E-state index in [1.807, 2.05) is 6.92 Å². The molecular weight excluding hydrogens is 146 g/mol. The van der Waals surface area contributed by atoms with Crippen LogP contribution in [0.4, 0.5) is 8.78 Å². The lowest BCUT2D eigenvalue weighted by Gasteiger charge is -2.19. The lowest BCUT2D eigenvalue weighted by Crippen LogP contribution is -2.23. The Morgan fingerprint density at radius 1 is 1.18 bits per heavy atom. The van der Waals surface area contributed by atoms with Crippen LogP contribution in [-0.4, -0.2) is 5.92 Å². The molecule has 0 aromatic carbocycles. The number of rotatable bonds is 5. The molecule has 0 fully saturated rings. The molecule has 0 amide bonds. The van der Waals surface area contributed by atoms with Crippen LogP contribution in [0.15, 0.2) is 0 Å². The van der Waals surface area contributed by atoms with Gasteiger partial charge in [0.2, 0.25) is 5.92 Å². The summed E-state index contributed by atoms with van der Waals surface area (Å²) in [6.45, 7) is 5.17. The molecular formula is C9H18F2. The zero-order valence-corrected chi connectivity index (χ0v) is 7.66. The molecule has 0 rings (SSSR count). The number of unbranched alkanes of at least 4 members (excludes halogenated alkanes) is 2. The molecule has 0 radical (unpaired) electrons. The van der Waals surface area contributed by atoms with Gasteiger partial charge in [0.25, 0.3) is 0 Å². The van der Waals surface area contributed by atoms with Crippen LogP contribution in [0.3, 0.4) is 0 Å². The van der Waals surface area contributed by atoms with Crippen LogP contribution in [0.2, 0.25) is 0 Å². The van der Waals surface area contributed by atoms with Crippen LogP contribution in [0.5, 0.6) is 0 Å². The summed E-state index contributed by atoms with van der Waals surface area (Å²) in [5.41, 5.74) is 0. The molecule has 0 aromatic rings. The van der Waals surface area contributed by atoms with E-state index in [9.17, 15) is 8.78 Å². The third-order valence-electron chi connectivity index (χ3n) is 1.96. The molecule has 0 bridgehead atoms.